The van der Waals surface area contributed by atoms with Crippen LogP contribution in [0.4, 0.5) is 0 Å². The highest BCUT2D eigenvalue weighted by molar-refractivity contribution is 7.81. The molecule has 0 saturated heterocycles. The highest BCUT2D eigenvalue weighted by Crippen LogP contribution is 2.07. The predicted octanol–water partition coefficient (Wildman–Crippen LogP) is 2.51. The second-order valence-electron chi connectivity index (χ2n) is 2.72. The summed E-state index contributed by atoms with van der Waals surface area (Å²) in [5.74, 6) is -0.752. The fraction of sp³-hybridized carbons (Fsp3) is 0.667. The molecule has 1 unspecified atom stereocenters. The lowest BCUT2D eigenvalue weighted by atomic mass is 10.2. The summed E-state index contributed by atoms with van der Waals surface area (Å²) in [6, 6.07) is 0. The van der Waals surface area contributed by atoms with Crippen molar-refractivity contribution in [3.05, 3.63) is 12.2 Å². The summed E-state index contributed by atoms with van der Waals surface area (Å²) in [4.78, 5) is 10.2. The van der Waals surface area contributed by atoms with Crippen LogP contribution in [0.25, 0.3) is 0 Å². The largest absolute Gasteiger partial charge is 0.481 e. The van der Waals surface area contributed by atoms with Crippen LogP contribution in [0.15, 0.2) is 12.2 Å². The van der Waals surface area contributed by atoms with Gasteiger partial charge in [0.05, 0.1) is 0 Å². The van der Waals surface area contributed by atoms with Gasteiger partial charge in [0.25, 0.3) is 0 Å². The van der Waals surface area contributed by atoms with Crippen LogP contribution in [-0.2, 0) is 4.79 Å². The van der Waals surface area contributed by atoms with Crippen molar-refractivity contribution in [2.75, 3.05) is 0 Å². The van der Waals surface area contributed by atoms with Crippen molar-refractivity contribution in [3.63, 3.8) is 0 Å². The third-order valence-corrected chi connectivity index (χ3v) is 1.90. The summed E-state index contributed by atoms with van der Waals surface area (Å²) in [5, 5.41) is 8.47. The van der Waals surface area contributed by atoms with Gasteiger partial charge in [0.2, 0.25) is 0 Å². The molecule has 12 heavy (non-hydrogen) atoms. The molecule has 0 aliphatic rings. The number of aliphatic carboxylic acids is 1. The molecule has 0 aromatic carbocycles. The molecule has 0 radical (unpaired) electrons. The molecule has 3 heteroatoms. The molecule has 0 saturated carbocycles. The van der Waals surface area contributed by atoms with Gasteiger partial charge in [-0.25, -0.2) is 0 Å². The lowest BCUT2D eigenvalue weighted by Crippen LogP contribution is -2.00. The van der Waals surface area contributed by atoms with E-state index in [1.165, 1.54) is 0 Å². The van der Waals surface area contributed by atoms with Crippen LogP contribution in [0.5, 0.6) is 0 Å². The Morgan fingerprint density at radius 2 is 2.33 bits per heavy atom. The minimum atomic E-state index is -0.752. The first-order valence-electron chi connectivity index (χ1n) is 4.23. The number of carboxylic acid groups (broad SMARTS) is 1. The molecule has 1 N–H and O–H groups in total. The summed E-state index contributed by atoms with van der Waals surface area (Å²) < 4.78 is 0. The topological polar surface area (TPSA) is 37.3 Å². The maximum atomic E-state index is 10.2. The van der Waals surface area contributed by atoms with Gasteiger partial charge in [0.15, 0.2) is 0 Å². The molecule has 0 rings (SSSR count). The Bertz CT molecular complexity index is 155. The molecule has 1 atom stereocenters. The first-order chi connectivity index (χ1) is 5.66. The zero-order valence-corrected chi connectivity index (χ0v) is 8.26. The number of thiol groups is 1. The van der Waals surface area contributed by atoms with E-state index >= 15 is 0 Å². The van der Waals surface area contributed by atoms with Gasteiger partial charge in [-0.3, -0.25) is 4.79 Å². The SMILES string of the molecule is CCCC=CC(S)CCC(=O)O. The highest BCUT2D eigenvalue weighted by Gasteiger charge is 2.01. The quantitative estimate of drug-likeness (QED) is 0.496. The van der Waals surface area contributed by atoms with Gasteiger partial charge in [-0.05, 0) is 12.8 Å². The fourth-order valence-corrected chi connectivity index (χ4v) is 1.04. The molecule has 0 heterocycles. The molecule has 0 fully saturated rings. The van der Waals surface area contributed by atoms with Crippen molar-refractivity contribution < 1.29 is 9.90 Å². The lowest BCUT2D eigenvalue weighted by molar-refractivity contribution is -0.137. The average molecular weight is 188 g/mol. The van der Waals surface area contributed by atoms with Crippen LogP contribution in [-0.4, -0.2) is 16.3 Å². The Labute approximate surface area is 79.1 Å². The predicted molar refractivity (Wildman–Crippen MR) is 53.7 cm³/mol. The molecule has 0 aromatic rings. The molecule has 2 nitrogen and oxygen atoms in total. The first-order valence-corrected chi connectivity index (χ1v) is 4.75. The van der Waals surface area contributed by atoms with Gasteiger partial charge in [0.1, 0.15) is 0 Å². The molecule has 0 spiro atoms. The van der Waals surface area contributed by atoms with E-state index in [9.17, 15) is 4.79 Å². The van der Waals surface area contributed by atoms with Gasteiger partial charge in [0, 0.05) is 11.7 Å². The summed E-state index contributed by atoms with van der Waals surface area (Å²) in [5.41, 5.74) is 0. The van der Waals surface area contributed by atoms with Crippen LogP contribution in [0, 0.1) is 0 Å². The Morgan fingerprint density at radius 3 is 2.83 bits per heavy atom. The van der Waals surface area contributed by atoms with E-state index in [-0.39, 0.29) is 11.7 Å². The maximum absolute atomic E-state index is 10.2. The van der Waals surface area contributed by atoms with Crippen molar-refractivity contribution in [2.24, 2.45) is 0 Å². The molecule has 0 bridgehead atoms. The van der Waals surface area contributed by atoms with E-state index < -0.39 is 5.97 Å². The van der Waals surface area contributed by atoms with E-state index in [4.69, 9.17) is 5.11 Å². The van der Waals surface area contributed by atoms with Crippen molar-refractivity contribution in [1.82, 2.24) is 0 Å². The second-order valence-corrected chi connectivity index (χ2v) is 3.38. The van der Waals surface area contributed by atoms with Crippen molar-refractivity contribution in [1.29, 1.82) is 0 Å². The zero-order chi connectivity index (χ0) is 9.40. The molecule has 0 aliphatic carbocycles. The van der Waals surface area contributed by atoms with E-state index in [0.29, 0.717) is 6.42 Å². The standard InChI is InChI=1S/C9H16O2S/c1-2-3-4-5-8(12)6-7-9(10)11/h4-5,8,12H,2-3,6-7H2,1H3,(H,10,11). The fourth-order valence-electron chi connectivity index (χ4n) is 0.788. The first kappa shape index (κ1) is 11.6. The smallest absolute Gasteiger partial charge is 0.303 e. The summed E-state index contributed by atoms with van der Waals surface area (Å²) in [6.45, 7) is 2.11. The molecule has 0 amide bonds. The van der Waals surface area contributed by atoms with Crippen LogP contribution in [0.3, 0.4) is 0 Å². The van der Waals surface area contributed by atoms with Crippen molar-refractivity contribution >= 4 is 18.6 Å². The van der Waals surface area contributed by atoms with Gasteiger partial charge < -0.3 is 5.11 Å². The Kier molecular flexibility index (Phi) is 6.96. The van der Waals surface area contributed by atoms with Gasteiger partial charge >= 0.3 is 5.97 Å². The number of hydrogen-bond donors (Lipinski definition) is 2. The second kappa shape index (κ2) is 7.22. The number of rotatable bonds is 6. The Morgan fingerprint density at radius 1 is 1.67 bits per heavy atom. The Hall–Kier alpha value is -0.440. The van der Waals surface area contributed by atoms with E-state index in [2.05, 4.69) is 25.6 Å². The third-order valence-electron chi connectivity index (χ3n) is 1.47. The number of carboxylic acids is 1. The molecular formula is C9H16O2S. The minimum absolute atomic E-state index is 0.0904. The highest BCUT2D eigenvalue weighted by atomic mass is 32.1. The van der Waals surface area contributed by atoms with E-state index in [1.807, 2.05) is 6.08 Å². The minimum Gasteiger partial charge on any atom is -0.481 e. The van der Waals surface area contributed by atoms with Gasteiger partial charge in [-0.2, -0.15) is 12.6 Å². The zero-order valence-electron chi connectivity index (χ0n) is 7.36. The van der Waals surface area contributed by atoms with Crippen LogP contribution in [0.2, 0.25) is 0 Å². The summed E-state index contributed by atoms with van der Waals surface area (Å²) in [7, 11) is 0. The molecular weight excluding hydrogens is 172 g/mol. The monoisotopic (exact) mass is 188 g/mol. The van der Waals surface area contributed by atoms with Crippen LogP contribution in [0.1, 0.15) is 32.6 Å². The summed E-state index contributed by atoms with van der Waals surface area (Å²) >= 11 is 4.23. The number of carbonyl (C=O) groups is 1. The third kappa shape index (κ3) is 7.66. The molecule has 0 aromatic heterocycles. The lowest BCUT2D eigenvalue weighted by Gasteiger charge is -2.01. The van der Waals surface area contributed by atoms with Crippen LogP contribution < -0.4 is 0 Å². The average Bonchev–Trinajstić information content (AvgIpc) is 2.01. The van der Waals surface area contributed by atoms with E-state index in [1.54, 1.807) is 0 Å². The number of hydrogen-bond acceptors (Lipinski definition) is 2. The van der Waals surface area contributed by atoms with Crippen LogP contribution >= 0.6 is 12.6 Å². The van der Waals surface area contributed by atoms with Gasteiger partial charge in [-0.1, -0.05) is 25.5 Å². The van der Waals surface area contributed by atoms with E-state index in [0.717, 1.165) is 12.8 Å². The number of allylic oxidation sites excluding steroid dienone is 1. The van der Waals surface area contributed by atoms with Crippen molar-refractivity contribution in [2.45, 2.75) is 37.9 Å². The molecule has 0 aliphatic heterocycles. The molecule has 70 valence electrons. The number of unbranched alkanes of at least 4 members (excludes halogenated alkanes) is 1. The van der Waals surface area contributed by atoms with Gasteiger partial charge in [-0.15, -0.1) is 0 Å². The normalized spacial score (nSPS) is 13.5. The van der Waals surface area contributed by atoms with Crippen molar-refractivity contribution in [3.8, 4) is 0 Å². The Balaban J connectivity index is 3.44. The maximum Gasteiger partial charge on any atom is 0.303 e. The summed E-state index contributed by atoms with van der Waals surface area (Å²) in [6.07, 6.45) is 7.00.